The van der Waals surface area contributed by atoms with E-state index in [0.717, 1.165) is 27.6 Å². The molecule has 0 aliphatic carbocycles. The molecule has 0 fully saturated rings. The Bertz CT molecular complexity index is 1840. The molecule has 234 valence electrons. The van der Waals surface area contributed by atoms with Gasteiger partial charge in [0, 0.05) is 27.9 Å². The van der Waals surface area contributed by atoms with Crippen LogP contribution < -0.4 is 25.5 Å². The summed E-state index contributed by atoms with van der Waals surface area (Å²) in [7, 11) is 0. The molecule has 11 heteroatoms. The van der Waals surface area contributed by atoms with Crippen LogP contribution in [0.2, 0.25) is 5.02 Å². The number of rotatable bonds is 12. The number of benzene rings is 4. The molecule has 0 saturated heterocycles. The summed E-state index contributed by atoms with van der Waals surface area (Å²) in [5.74, 6) is -0.128. The minimum absolute atomic E-state index is 0.233. The van der Waals surface area contributed by atoms with Crippen LogP contribution in [0.25, 0.3) is 11.3 Å². The number of anilines is 3. The number of hydrazone groups is 1. The normalized spacial score (nSPS) is 10.9. The van der Waals surface area contributed by atoms with Crippen LogP contribution in [0.4, 0.5) is 16.5 Å². The fourth-order valence-electron chi connectivity index (χ4n) is 4.28. The van der Waals surface area contributed by atoms with Crippen LogP contribution in [0.5, 0.6) is 11.5 Å². The second kappa shape index (κ2) is 15.2. The van der Waals surface area contributed by atoms with Gasteiger partial charge in [0.15, 0.2) is 23.2 Å². The number of carbonyl (C=O) groups is 2. The highest BCUT2D eigenvalue weighted by molar-refractivity contribution is 7.14. The first-order valence-corrected chi connectivity index (χ1v) is 15.7. The molecule has 4 aromatic carbocycles. The van der Waals surface area contributed by atoms with E-state index in [4.69, 9.17) is 21.1 Å². The number of hydrogen-bond donors (Lipinski definition) is 3. The van der Waals surface area contributed by atoms with Crippen molar-refractivity contribution in [1.29, 1.82) is 0 Å². The average molecular weight is 654 g/mol. The average Bonchev–Trinajstić information content (AvgIpc) is 3.51. The molecule has 1 heterocycles. The molecule has 0 aliphatic rings. The van der Waals surface area contributed by atoms with Crippen LogP contribution in [-0.2, 0) is 4.79 Å². The van der Waals surface area contributed by atoms with Crippen molar-refractivity contribution in [2.75, 3.05) is 23.8 Å². The van der Waals surface area contributed by atoms with Crippen LogP contribution in [0.15, 0.2) is 95.4 Å². The number of amides is 2. The van der Waals surface area contributed by atoms with E-state index in [1.165, 1.54) is 23.1 Å². The molecule has 0 bridgehead atoms. The number of nitrogens with zero attached hydrogens (tertiary/aromatic N) is 2. The Morgan fingerprint density at radius 3 is 2.26 bits per heavy atom. The van der Waals surface area contributed by atoms with Gasteiger partial charge >= 0.3 is 0 Å². The number of ether oxygens (including phenoxy) is 2. The zero-order chi connectivity index (χ0) is 32.5. The lowest BCUT2D eigenvalue weighted by Gasteiger charge is -2.14. The van der Waals surface area contributed by atoms with Gasteiger partial charge in [0.2, 0.25) is 0 Å². The maximum absolute atomic E-state index is 12.7. The summed E-state index contributed by atoms with van der Waals surface area (Å²) >= 11 is 8.00. The Kier molecular flexibility index (Phi) is 10.6. The lowest BCUT2D eigenvalue weighted by molar-refractivity contribution is -0.118. The van der Waals surface area contributed by atoms with Gasteiger partial charge in [0.05, 0.1) is 23.5 Å². The predicted octanol–water partition coefficient (Wildman–Crippen LogP) is 8.00. The molecular weight excluding hydrogens is 622 g/mol. The predicted molar refractivity (Wildman–Crippen MR) is 185 cm³/mol. The molecule has 5 aromatic rings. The van der Waals surface area contributed by atoms with E-state index in [9.17, 15) is 9.59 Å². The van der Waals surface area contributed by atoms with Crippen molar-refractivity contribution in [2.45, 2.75) is 20.8 Å². The van der Waals surface area contributed by atoms with Crippen LogP contribution in [0, 0.1) is 13.8 Å². The molecule has 0 atom stereocenters. The van der Waals surface area contributed by atoms with Gasteiger partial charge in [-0.15, -0.1) is 11.3 Å². The van der Waals surface area contributed by atoms with E-state index in [2.05, 4.69) is 26.1 Å². The summed E-state index contributed by atoms with van der Waals surface area (Å²) in [5.41, 5.74) is 9.16. The van der Waals surface area contributed by atoms with Crippen LogP contribution in [-0.4, -0.2) is 36.2 Å². The van der Waals surface area contributed by atoms with Gasteiger partial charge in [0.25, 0.3) is 11.8 Å². The molecular formula is C35H32ClN5O4S. The third-order valence-corrected chi connectivity index (χ3v) is 7.68. The first kappa shape index (κ1) is 32.2. The number of halogens is 1. The van der Waals surface area contributed by atoms with E-state index in [0.29, 0.717) is 29.2 Å². The minimum atomic E-state index is -0.376. The number of hydrogen-bond acceptors (Lipinski definition) is 8. The van der Waals surface area contributed by atoms with E-state index in [-0.39, 0.29) is 29.2 Å². The van der Waals surface area contributed by atoms with Gasteiger partial charge in [-0.05, 0) is 74.9 Å². The van der Waals surface area contributed by atoms with Crippen molar-refractivity contribution in [2.24, 2.45) is 5.10 Å². The van der Waals surface area contributed by atoms with Crippen molar-refractivity contribution in [3.05, 3.63) is 118 Å². The summed E-state index contributed by atoms with van der Waals surface area (Å²) < 4.78 is 11.4. The summed E-state index contributed by atoms with van der Waals surface area (Å²) in [6.07, 6.45) is 1.45. The van der Waals surface area contributed by atoms with E-state index >= 15 is 0 Å². The van der Waals surface area contributed by atoms with E-state index < -0.39 is 0 Å². The summed E-state index contributed by atoms with van der Waals surface area (Å²) in [6, 6.07) is 26.0. The smallest absolute Gasteiger partial charge is 0.271 e. The zero-order valence-corrected chi connectivity index (χ0v) is 27.0. The maximum atomic E-state index is 12.7. The molecule has 0 spiro atoms. The Morgan fingerprint density at radius 2 is 1.59 bits per heavy atom. The first-order chi connectivity index (χ1) is 22.3. The number of thiazole rings is 1. The molecule has 0 aliphatic heterocycles. The Balaban J connectivity index is 1.17. The zero-order valence-electron chi connectivity index (χ0n) is 25.5. The topological polar surface area (TPSA) is 114 Å². The largest absolute Gasteiger partial charge is 0.490 e. The van der Waals surface area contributed by atoms with Crippen molar-refractivity contribution in [3.63, 3.8) is 0 Å². The van der Waals surface area contributed by atoms with Crippen LogP contribution in [0.3, 0.4) is 0 Å². The molecule has 0 unspecified atom stereocenters. The Morgan fingerprint density at radius 1 is 0.913 bits per heavy atom. The van der Waals surface area contributed by atoms with Crippen molar-refractivity contribution in [1.82, 2.24) is 10.4 Å². The van der Waals surface area contributed by atoms with Gasteiger partial charge in [-0.25, -0.2) is 10.4 Å². The number of carbonyl (C=O) groups excluding carboxylic acids is 2. The van der Waals surface area contributed by atoms with Gasteiger partial charge < -0.3 is 20.1 Å². The summed E-state index contributed by atoms with van der Waals surface area (Å²) in [5, 5.41) is 13.2. The monoisotopic (exact) mass is 653 g/mol. The number of aromatic nitrogens is 1. The van der Waals surface area contributed by atoms with Gasteiger partial charge in [-0.2, -0.15) is 5.10 Å². The highest BCUT2D eigenvalue weighted by atomic mass is 35.5. The fraction of sp³-hybridized carbons (Fsp3) is 0.143. The third kappa shape index (κ3) is 8.71. The maximum Gasteiger partial charge on any atom is 0.271 e. The molecule has 3 N–H and O–H groups in total. The Hall–Kier alpha value is -5.19. The molecule has 46 heavy (non-hydrogen) atoms. The second-order valence-electron chi connectivity index (χ2n) is 10.3. The second-order valence-corrected chi connectivity index (χ2v) is 11.5. The highest BCUT2D eigenvalue weighted by Gasteiger charge is 2.15. The summed E-state index contributed by atoms with van der Waals surface area (Å²) in [6.45, 7) is 5.93. The number of aryl methyl sites for hydroxylation is 2. The molecule has 2 amide bonds. The van der Waals surface area contributed by atoms with Crippen LogP contribution in [0.1, 0.15) is 34.0 Å². The lowest BCUT2D eigenvalue weighted by atomic mass is 10.1. The number of nitrogens with one attached hydrogen (secondary N) is 3. The quantitative estimate of drug-likeness (QED) is 0.0929. The summed E-state index contributed by atoms with van der Waals surface area (Å²) in [4.78, 5) is 29.8. The van der Waals surface area contributed by atoms with Gasteiger partial charge in [-0.3, -0.25) is 9.59 Å². The molecule has 9 nitrogen and oxygen atoms in total. The van der Waals surface area contributed by atoms with Crippen molar-refractivity contribution in [3.8, 4) is 22.8 Å². The van der Waals surface area contributed by atoms with Gasteiger partial charge in [0.1, 0.15) is 0 Å². The molecule has 1 aromatic heterocycles. The molecule has 5 rings (SSSR count). The Labute approximate surface area is 276 Å². The van der Waals surface area contributed by atoms with Crippen molar-refractivity contribution >= 4 is 57.5 Å². The van der Waals surface area contributed by atoms with E-state index in [1.54, 1.807) is 24.3 Å². The molecule has 0 saturated carbocycles. The minimum Gasteiger partial charge on any atom is -0.490 e. The lowest BCUT2D eigenvalue weighted by Crippen LogP contribution is -2.20. The standard InChI is InChI=1S/C35H32ClN5O4S/c1-4-44-31-18-24(17-29(36)33(31)45-20-32(42)38-27-13-5-22(2)6-14-27)19-37-41-34(43)26-11-9-25(10-12-26)30-21-46-35(40-30)39-28-15-7-23(3)8-16-28/h5-19,21H,4,20H2,1-3H3,(H,38,42)(H,39,40)(H,41,43)/b37-19+. The molecule has 0 radical (unpaired) electrons. The highest BCUT2D eigenvalue weighted by Crippen LogP contribution is 2.36. The van der Waals surface area contributed by atoms with Gasteiger partial charge in [-0.1, -0.05) is 59.1 Å². The SMILES string of the molecule is CCOc1cc(/C=N/NC(=O)c2ccc(-c3csc(Nc4ccc(C)cc4)n3)cc2)cc(Cl)c1OCC(=O)Nc1ccc(C)cc1. The van der Waals surface area contributed by atoms with Crippen molar-refractivity contribution < 1.29 is 19.1 Å². The fourth-order valence-corrected chi connectivity index (χ4v) is 5.30. The third-order valence-electron chi connectivity index (χ3n) is 6.64. The first-order valence-electron chi connectivity index (χ1n) is 14.5. The van der Waals surface area contributed by atoms with Crippen LogP contribution >= 0.6 is 22.9 Å². The van der Waals surface area contributed by atoms with E-state index in [1.807, 2.05) is 86.8 Å².